The summed E-state index contributed by atoms with van der Waals surface area (Å²) in [5, 5.41) is 0. The summed E-state index contributed by atoms with van der Waals surface area (Å²) in [6.45, 7) is 5.48. The Labute approximate surface area is 71.0 Å². The Morgan fingerprint density at radius 3 is 2.00 bits per heavy atom. The molecule has 2 unspecified atom stereocenters. The molecule has 11 heavy (non-hydrogen) atoms. The van der Waals surface area contributed by atoms with Gasteiger partial charge in [0.1, 0.15) is 0 Å². The van der Waals surface area contributed by atoms with Crippen molar-refractivity contribution >= 4 is 0 Å². The molecule has 0 saturated carbocycles. The summed E-state index contributed by atoms with van der Waals surface area (Å²) in [4.78, 5) is 0. The number of nitrogens with two attached hydrogens (primary N) is 1. The zero-order valence-corrected chi connectivity index (χ0v) is 8.59. The molecule has 0 amide bonds. The van der Waals surface area contributed by atoms with E-state index in [0.717, 1.165) is 11.0 Å². The maximum absolute atomic E-state index is 6.00. The molecule has 2 nitrogen and oxygen atoms in total. The van der Waals surface area contributed by atoms with Gasteiger partial charge in [-0.2, -0.15) is 0 Å². The normalized spacial score (nSPS) is 18.0. The number of rotatable bonds is 4. The Bertz CT molecular complexity index is 105. The summed E-state index contributed by atoms with van der Waals surface area (Å²) in [5.41, 5.74) is 6.00. The van der Waals surface area contributed by atoms with Gasteiger partial charge in [0.2, 0.25) is 0 Å². The fourth-order valence-electron chi connectivity index (χ4n) is 1.12. The summed E-state index contributed by atoms with van der Waals surface area (Å²) in [5.74, 6) is 0.646. The lowest BCUT2D eigenvalue weighted by atomic mass is 9.99. The third-order valence-electron chi connectivity index (χ3n) is 2.13. The number of quaternary nitrogens is 1. The van der Waals surface area contributed by atoms with E-state index in [1.165, 1.54) is 6.42 Å². The Morgan fingerprint density at radius 1 is 1.27 bits per heavy atom. The van der Waals surface area contributed by atoms with Gasteiger partial charge in [-0.05, 0) is 5.92 Å². The van der Waals surface area contributed by atoms with Gasteiger partial charge in [-0.1, -0.05) is 20.3 Å². The standard InChI is InChI=1S/C9H23N2/c1-6-8(2)9(10)7-11(3,4)5/h8-9H,6-7,10H2,1-5H3/q+1. The lowest BCUT2D eigenvalue weighted by Gasteiger charge is -2.29. The molecule has 0 spiro atoms. The van der Waals surface area contributed by atoms with Crippen LogP contribution in [0.25, 0.3) is 0 Å². The van der Waals surface area contributed by atoms with Gasteiger partial charge in [-0.25, -0.2) is 0 Å². The molecular weight excluding hydrogens is 136 g/mol. The molecule has 0 aromatic heterocycles. The molecule has 0 radical (unpaired) electrons. The summed E-state index contributed by atoms with van der Waals surface area (Å²) < 4.78 is 0.964. The van der Waals surface area contributed by atoms with E-state index in [9.17, 15) is 0 Å². The van der Waals surface area contributed by atoms with E-state index < -0.39 is 0 Å². The van der Waals surface area contributed by atoms with Crippen molar-refractivity contribution in [3.8, 4) is 0 Å². The van der Waals surface area contributed by atoms with Crippen molar-refractivity contribution in [3.05, 3.63) is 0 Å². The van der Waals surface area contributed by atoms with Gasteiger partial charge in [0.15, 0.2) is 0 Å². The number of likely N-dealkylation sites (N-methyl/N-ethyl adjacent to an activating group) is 1. The summed E-state index contributed by atoms with van der Waals surface area (Å²) in [6.07, 6.45) is 1.18. The van der Waals surface area contributed by atoms with E-state index in [-0.39, 0.29) is 0 Å². The van der Waals surface area contributed by atoms with E-state index in [0.29, 0.717) is 12.0 Å². The summed E-state index contributed by atoms with van der Waals surface area (Å²) in [6, 6.07) is 0.347. The smallest absolute Gasteiger partial charge is 0.0936 e. The van der Waals surface area contributed by atoms with Gasteiger partial charge in [0.25, 0.3) is 0 Å². The zero-order valence-electron chi connectivity index (χ0n) is 8.59. The SMILES string of the molecule is CCC(C)C(N)C[N+](C)(C)C. The van der Waals surface area contributed by atoms with Crippen LogP contribution in [0.1, 0.15) is 20.3 Å². The molecule has 2 atom stereocenters. The second-order valence-electron chi connectivity index (χ2n) is 4.52. The first-order valence-corrected chi connectivity index (χ1v) is 4.43. The van der Waals surface area contributed by atoms with Crippen molar-refractivity contribution in [2.75, 3.05) is 27.7 Å². The third kappa shape index (κ3) is 5.22. The van der Waals surface area contributed by atoms with Gasteiger partial charge in [0.05, 0.1) is 33.7 Å². The first-order valence-electron chi connectivity index (χ1n) is 4.43. The molecule has 2 N–H and O–H groups in total. The van der Waals surface area contributed by atoms with E-state index in [1.807, 2.05) is 0 Å². The minimum atomic E-state index is 0.347. The molecule has 0 aromatic rings. The first kappa shape index (κ1) is 10.9. The zero-order chi connectivity index (χ0) is 9.07. The topological polar surface area (TPSA) is 26.0 Å². The molecule has 0 aromatic carbocycles. The van der Waals surface area contributed by atoms with Gasteiger partial charge in [0, 0.05) is 0 Å². The molecule has 0 heterocycles. The van der Waals surface area contributed by atoms with Crippen molar-refractivity contribution in [2.24, 2.45) is 11.7 Å². The molecule has 68 valence electrons. The summed E-state index contributed by atoms with van der Waals surface area (Å²) in [7, 11) is 6.55. The van der Waals surface area contributed by atoms with Gasteiger partial charge in [-0.3, -0.25) is 0 Å². The average molecular weight is 159 g/mol. The highest BCUT2D eigenvalue weighted by Gasteiger charge is 2.18. The highest BCUT2D eigenvalue weighted by Crippen LogP contribution is 2.07. The van der Waals surface area contributed by atoms with Crippen LogP contribution < -0.4 is 5.73 Å². The molecule has 0 bridgehead atoms. The van der Waals surface area contributed by atoms with E-state index >= 15 is 0 Å². The molecule has 0 saturated heterocycles. The maximum Gasteiger partial charge on any atom is 0.0936 e. The van der Waals surface area contributed by atoms with Crippen LogP contribution >= 0.6 is 0 Å². The third-order valence-corrected chi connectivity index (χ3v) is 2.13. The van der Waals surface area contributed by atoms with Crippen molar-refractivity contribution in [1.82, 2.24) is 0 Å². The predicted octanol–water partition coefficient (Wildman–Crippen LogP) is 1.07. The van der Waals surface area contributed by atoms with E-state index in [1.54, 1.807) is 0 Å². The van der Waals surface area contributed by atoms with Crippen molar-refractivity contribution < 1.29 is 4.48 Å². The van der Waals surface area contributed by atoms with Crippen LogP contribution in [0.4, 0.5) is 0 Å². The summed E-state index contributed by atoms with van der Waals surface area (Å²) >= 11 is 0. The molecule has 0 aliphatic rings. The maximum atomic E-state index is 6.00. The Hall–Kier alpha value is -0.0800. The van der Waals surface area contributed by atoms with Crippen molar-refractivity contribution in [3.63, 3.8) is 0 Å². The van der Waals surface area contributed by atoms with Crippen molar-refractivity contribution in [1.29, 1.82) is 0 Å². The number of hydrogen-bond donors (Lipinski definition) is 1. The Kier molecular flexibility index (Phi) is 4.04. The Morgan fingerprint density at radius 2 is 1.73 bits per heavy atom. The second-order valence-corrected chi connectivity index (χ2v) is 4.52. The molecule has 0 fully saturated rings. The lowest BCUT2D eigenvalue weighted by molar-refractivity contribution is -0.871. The fraction of sp³-hybridized carbons (Fsp3) is 1.00. The lowest BCUT2D eigenvalue weighted by Crippen LogP contribution is -2.47. The van der Waals surface area contributed by atoms with Gasteiger partial charge in [-0.15, -0.1) is 0 Å². The number of nitrogens with zero attached hydrogens (tertiary/aromatic N) is 1. The van der Waals surface area contributed by atoms with Crippen LogP contribution in [-0.2, 0) is 0 Å². The van der Waals surface area contributed by atoms with Crippen LogP contribution in [0.2, 0.25) is 0 Å². The highest BCUT2D eigenvalue weighted by molar-refractivity contribution is 4.66. The number of hydrogen-bond acceptors (Lipinski definition) is 1. The van der Waals surface area contributed by atoms with Crippen LogP contribution in [0.15, 0.2) is 0 Å². The second kappa shape index (κ2) is 4.07. The minimum absolute atomic E-state index is 0.347. The first-order chi connectivity index (χ1) is 4.87. The van der Waals surface area contributed by atoms with Crippen LogP contribution in [0, 0.1) is 5.92 Å². The molecule has 0 aliphatic carbocycles. The highest BCUT2D eigenvalue weighted by atomic mass is 15.3. The van der Waals surface area contributed by atoms with Crippen molar-refractivity contribution in [2.45, 2.75) is 26.3 Å². The van der Waals surface area contributed by atoms with Crippen LogP contribution in [-0.4, -0.2) is 38.2 Å². The van der Waals surface area contributed by atoms with Gasteiger partial charge >= 0.3 is 0 Å². The largest absolute Gasteiger partial charge is 0.330 e. The predicted molar refractivity (Wildman–Crippen MR) is 50.3 cm³/mol. The van der Waals surface area contributed by atoms with Crippen LogP contribution in [0.3, 0.4) is 0 Å². The fourth-order valence-corrected chi connectivity index (χ4v) is 1.12. The quantitative estimate of drug-likeness (QED) is 0.610. The van der Waals surface area contributed by atoms with Crippen LogP contribution in [0.5, 0.6) is 0 Å². The van der Waals surface area contributed by atoms with E-state index in [2.05, 4.69) is 35.0 Å². The Balaban J connectivity index is 3.77. The monoisotopic (exact) mass is 159 g/mol. The molecule has 0 rings (SSSR count). The minimum Gasteiger partial charge on any atom is -0.330 e. The molecule has 2 heteroatoms. The van der Waals surface area contributed by atoms with Gasteiger partial charge < -0.3 is 10.2 Å². The molecule has 0 aliphatic heterocycles. The van der Waals surface area contributed by atoms with E-state index in [4.69, 9.17) is 5.73 Å². The molecular formula is C9H23N2+. The average Bonchev–Trinajstić information content (AvgIpc) is 1.82.